The van der Waals surface area contributed by atoms with Crippen LogP contribution in [0.3, 0.4) is 0 Å². The van der Waals surface area contributed by atoms with Crippen molar-refractivity contribution in [2.45, 2.75) is 4.90 Å². The molecule has 8 nitrogen and oxygen atoms in total. The molecule has 0 aliphatic carbocycles. The van der Waals surface area contributed by atoms with Crippen molar-refractivity contribution >= 4 is 10.1 Å². The van der Waals surface area contributed by atoms with Gasteiger partial charge < -0.3 is 4.18 Å². The van der Waals surface area contributed by atoms with E-state index in [1.54, 1.807) is 18.2 Å². The van der Waals surface area contributed by atoms with E-state index in [4.69, 9.17) is 9.44 Å². The van der Waals surface area contributed by atoms with E-state index in [0.29, 0.717) is 5.69 Å². The number of hydrogen-bond acceptors (Lipinski definition) is 7. The second-order valence-electron chi connectivity index (χ2n) is 4.54. The van der Waals surface area contributed by atoms with Crippen molar-refractivity contribution in [3.63, 3.8) is 0 Å². The van der Waals surface area contributed by atoms with Gasteiger partial charge in [0.2, 0.25) is 0 Å². The van der Waals surface area contributed by atoms with Gasteiger partial charge in [0.1, 0.15) is 28.9 Å². The normalized spacial score (nSPS) is 11.0. The zero-order chi connectivity index (χ0) is 17.2. The van der Waals surface area contributed by atoms with Crippen molar-refractivity contribution in [3.05, 3.63) is 60.2 Å². The maximum Gasteiger partial charge on any atom is 0.339 e. The molecule has 1 heterocycles. The first-order valence-corrected chi connectivity index (χ1v) is 7.88. The molecule has 0 fully saturated rings. The number of aromatic nitrogens is 4. The summed E-state index contributed by atoms with van der Waals surface area (Å²) in [6.07, 6.45) is 1.34. The largest absolute Gasteiger partial charge is 0.379 e. The standard InChI is InChI=1S/C14H8FN5O3S/c15-14-5-4-13(6-10(14)8-16)24(21,22)23-12-3-1-2-11(7-12)20-9-17-18-19-20/h1-7,9H. The van der Waals surface area contributed by atoms with Crippen LogP contribution < -0.4 is 4.18 Å². The van der Waals surface area contributed by atoms with E-state index in [0.717, 1.165) is 18.2 Å². The Bertz CT molecular complexity index is 1030. The van der Waals surface area contributed by atoms with Crippen LogP contribution in [-0.4, -0.2) is 28.6 Å². The summed E-state index contributed by atoms with van der Waals surface area (Å²) in [6, 6.07) is 10.5. The Labute approximate surface area is 135 Å². The van der Waals surface area contributed by atoms with Gasteiger partial charge in [-0.25, -0.2) is 9.07 Å². The monoisotopic (exact) mass is 345 g/mol. The van der Waals surface area contributed by atoms with Gasteiger partial charge in [0, 0.05) is 6.07 Å². The maximum absolute atomic E-state index is 13.3. The van der Waals surface area contributed by atoms with Crippen molar-refractivity contribution in [1.82, 2.24) is 20.2 Å². The van der Waals surface area contributed by atoms with E-state index in [1.165, 1.54) is 23.1 Å². The molecule has 120 valence electrons. The molecule has 1 aromatic heterocycles. The first-order chi connectivity index (χ1) is 11.5. The van der Waals surface area contributed by atoms with Crippen LogP contribution in [0.2, 0.25) is 0 Å². The maximum atomic E-state index is 13.3. The lowest BCUT2D eigenvalue weighted by atomic mass is 10.2. The van der Waals surface area contributed by atoms with Gasteiger partial charge in [0.25, 0.3) is 0 Å². The number of benzene rings is 2. The van der Waals surface area contributed by atoms with Gasteiger partial charge in [-0.05, 0) is 40.8 Å². The average molecular weight is 345 g/mol. The Morgan fingerprint density at radius 3 is 2.75 bits per heavy atom. The highest BCUT2D eigenvalue weighted by molar-refractivity contribution is 7.87. The lowest BCUT2D eigenvalue weighted by Crippen LogP contribution is -2.10. The third-order valence-electron chi connectivity index (χ3n) is 2.98. The third kappa shape index (κ3) is 3.06. The van der Waals surface area contributed by atoms with E-state index in [9.17, 15) is 12.8 Å². The summed E-state index contributed by atoms with van der Waals surface area (Å²) >= 11 is 0. The molecule has 2 aromatic carbocycles. The average Bonchev–Trinajstić information content (AvgIpc) is 3.09. The number of nitrogens with zero attached hydrogens (tertiary/aromatic N) is 5. The lowest BCUT2D eigenvalue weighted by Gasteiger charge is -2.08. The molecule has 24 heavy (non-hydrogen) atoms. The van der Waals surface area contributed by atoms with Crippen molar-refractivity contribution in [1.29, 1.82) is 5.26 Å². The van der Waals surface area contributed by atoms with E-state index >= 15 is 0 Å². The summed E-state index contributed by atoms with van der Waals surface area (Å²) in [7, 11) is -4.23. The molecule has 3 aromatic rings. The Morgan fingerprint density at radius 2 is 2.04 bits per heavy atom. The van der Waals surface area contributed by atoms with Crippen LogP contribution in [0, 0.1) is 17.1 Å². The molecule has 0 bridgehead atoms. The fourth-order valence-electron chi connectivity index (χ4n) is 1.88. The van der Waals surface area contributed by atoms with E-state index in [2.05, 4.69) is 15.5 Å². The highest BCUT2D eigenvalue weighted by atomic mass is 32.2. The van der Waals surface area contributed by atoms with E-state index < -0.39 is 15.9 Å². The molecule has 3 rings (SSSR count). The van der Waals surface area contributed by atoms with Gasteiger partial charge >= 0.3 is 10.1 Å². The predicted octanol–water partition coefficient (Wildman–Crippen LogP) is 1.44. The minimum atomic E-state index is -4.23. The number of halogens is 1. The molecule has 0 aliphatic rings. The van der Waals surface area contributed by atoms with E-state index in [-0.39, 0.29) is 16.2 Å². The molecule has 0 N–H and O–H groups in total. The first-order valence-electron chi connectivity index (χ1n) is 6.47. The lowest BCUT2D eigenvalue weighted by molar-refractivity contribution is 0.485. The Balaban J connectivity index is 1.93. The second-order valence-corrected chi connectivity index (χ2v) is 6.09. The highest BCUT2D eigenvalue weighted by Gasteiger charge is 2.19. The number of hydrogen-bond donors (Lipinski definition) is 0. The topological polar surface area (TPSA) is 111 Å². The molecule has 0 atom stereocenters. The van der Waals surface area contributed by atoms with Crippen LogP contribution in [0.4, 0.5) is 4.39 Å². The molecule has 0 amide bonds. The predicted molar refractivity (Wildman–Crippen MR) is 78.1 cm³/mol. The molecular formula is C14H8FN5O3S. The van der Waals surface area contributed by atoms with Crippen molar-refractivity contribution in [2.24, 2.45) is 0 Å². The summed E-state index contributed by atoms with van der Waals surface area (Å²) in [4.78, 5) is -0.326. The SMILES string of the molecule is N#Cc1cc(S(=O)(=O)Oc2cccc(-n3cnnn3)c2)ccc1F. The molecular weight excluding hydrogens is 337 g/mol. The molecule has 0 aliphatic heterocycles. The molecule has 0 unspecified atom stereocenters. The smallest absolute Gasteiger partial charge is 0.339 e. The zero-order valence-corrected chi connectivity index (χ0v) is 12.7. The Morgan fingerprint density at radius 1 is 1.21 bits per heavy atom. The van der Waals surface area contributed by atoms with Crippen LogP contribution >= 0.6 is 0 Å². The molecule has 0 spiro atoms. The fraction of sp³-hybridized carbons (Fsp3) is 0. The summed E-state index contributed by atoms with van der Waals surface area (Å²) in [5, 5.41) is 19.5. The summed E-state index contributed by atoms with van der Waals surface area (Å²) in [5.41, 5.74) is 0.103. The Kier molecular flexibility index (Phi) is 3.93. The van der Waals surface area contributed by atoms with Crippen LogP contribution in [0.1, 0.15) is 5.56 Å². The molecule has 0 radical (unpaired) electrons. The first kappa shape index (κ1) is 15.6. The van der Waals surface area contributed by atoms with Crippen LogP contribution in [0.25, 0.3) is 5.69 Å². The zero-order valence-electron chi connectivity index (χ0n) is 11.9. The van der Waals surface area contributed by atoms with E-state index in [1.807, 2.05) is 0 Å². The van der Waals surface area contributed by atoms with Crippen molar-refractivity contribution in [2.75, 3.05) is 0 Å². The van der Waals surface area contributed by atoms with Gasteiger partial charge in [0.05, 0.1) is 11.3 Å². The number of rotatable bonds is 4. The highest BCUT2D eigenvalue weighted by Crippen LogP contribution is 2.22. The summed E-state index contributed by atoms with van der Waals surface area (Å²) in [5.74, 6) is -0.789. The van der Waals surface area contributed by atoms with Gasteiger partial charge in [-0.1, -0.05) is 6.07 Å². The molecule has 0 saturated carbocycles. The van der Waals surface area contributed by atoms with Crippen LogP contribution in [0.15, 0.2) is 53.7 Å². The number of nitriles is 1. The van der Waals surface area contributed by atoms with Gasteiger partial charge in [0.15, 0.2) is 0 Å². The summed E-state index contributed by atoms with van der Waals surface area (Å²) < 4.78 is 44.2. The second kappa shape index (κ2) is 6.05. The van der Waals surface area contributed by atoms with Gasteiger partial charge in [-0.15, -0.1) is 5.10 Å². The number of tetrazole rings is 1. The quantitative estimate of drug-likeness (QED) is 0.658. The van der Waals surface area contributed by atoms with Gasteiger partial charge in [-0.2, -0.15) is 13.7 Å². The third-order valence-corrected chi connectivity index (χ3v) is 4.23. The van der Waals surface area contributed by atoms with Crippen LogP contribution in [0.5, 0.6) is 5.75 Å². The van der Waals surface area contributed by atoms with Gasteiger partial charge in [-0.3, -0.25) is 0 Å². The summed E-state index contributed by atoms with van der Waals surface area (Å²) in [6.45, 7) is 0. The fourth-order valence-corrected chi connectivity index (χ4v) is 2.83. The van der Waals surface area contributed by atoms with Crippen molar-refractivity contribution < 1.29 is 17.0 Å². The minimum Gasteiger partial charge on any atom is -0.379 e. The minimum absolute atomic E-state index is 0.0193. The molecule has 0 saturated heterocycles. The molecule has 10 heteroatoms. The van der Waals surface area contributed by atoms with Crippen LogP contribution in [-0.2, 0) is 10.1 Å². The van der Waals surface area contributed by atoms with Crippen molar-refractivity contribution in [3.8, 4) is 17.5 Å². The Hall–Kier alpha value is -3.32.